The summed E-state index contributed by atoms with van der Waals surface area (Å²) < 4.78 is 28.0. The average molecular weight is 351 g/mol. The highest BCUT2D eigenvalue weighted by atomic mass is 19.1. The van der Waals surface area contributed by atoms with E-state index in [4.69, 9.17) is 5.41 Å². The smallest absolute Gasteiger partial charge is 0.189 e. The van der Waals surface area contributed by atoms with E-state index in [2.05, 4.69) is 0 Å². The van der Waals surface area contributed by atoms with Crippen LogP contribution in [0.5, 0.6) is 0 Å². The molecule has 2 aliphatic rings. The standard InChI is InChI=1S/C19H15F2N5/c1-26-5-4-12-14(7-22)18(25)19(9-23,10-24)17(15(12)8-26)13-3-2-11(20)6-16(13)21/h2-4,6,14-15,17,25H,5,8H2,1H3/t14?,15-,17+/m1/s1. The summed E-state index contributed by atoms with van der Waals surface area (Å²) in [5, 5.41) is 37.6. The number of likely N-dealkylation sites (N-methyl/N-ethyl adjacent to an activating group) is 1. The van der Waals surface area contributed by atoms with Crippen LogP contribution in [0.4, 0.5) is 8.78 Å². The van der Waals surface area contributed by atoms with E-state index in [-0.39, 0.29) is 11.3 Å². The predicted octanol–water partition coefficient (Wildman–Crippen LogP) is 2.74. The number of rotatable bonds is 1. The molecule has 0 spiro atoms. The summed E-state index contributed by atoms with van der Waals surface area (Å²) in [6, 6.07) is 8.79. The fourth-order valence-corrected chi connectivity index (χ4v) is 4.05. The molecular formula is C19H15F2N5. The number of hydrogen-bond acceptors (Lipinski definition) is 5. The highest BCUT2D eigenvalue weighted by Crippen LogP contribution is 2.53. The quantitative estimate of drug-likeness (QED) is 0.787. The molecule has 130 valence electrons. The zero-order valence-electron chi connectivity index (χ0n) is 14.0. The Balaban J connectivity index is 2.30. The molecule has 0 bridgehead atoms. The minimum Gasteiger partial charge on any atom is -0.305 e. The molecule has 3 rings (SSSR count). The van der Waals surface area contributed by atoms with Crippen LogP contribution in [-0.2, 0) is 0 Å². The minimum absolute atomic E-state index is 0.0156. The Hall–Kier alpha value is -3.08. The zero-order chi connectivity index (χ0) is 19.1. The van der Waals surface area contributed by atoms with Gasteiger partial charge >= 0.3 is 0 Å². The topological polar surface area (TPSA) is 98.5 Å². The van der Waals surface area contributed by atoms with E-state index >= 15 is 0 Å². The van der Waals surface area contributed by atoms with Gasteiger partial charge in [0, 0.05) is 31.0 Å². The molecule has 1 aromatic carbocycles. The first-order valence-corrected chi connectivity index (χ1v) is 8.04. The third-order valence-corrected chi connectivity index (χ3v) is 5.27. The van der Waals surface area contributed by atoms with Gasteiger partial charge in [-0.05, 0) is 24.3 Å². The Morgan fingerprint density at radius 2 is 1.92 bits per heavy atom. The fraction of sp³-hybridized carbons (Fsp3) is 0.368. The third kappa shape index (κ3) is 2.39. The second kappa shape index (κ2) is 6.33. The highest BCUT2D eigenvalue weighted by Gasteiger charge is 2.58. The van der Waals surface area contributed by atoms with Crippen LogP contribution in [0.25, 0.3) is 0 Å². The number of halogens is 2. The Bertz CT molecular complexity index is 917. The first kappa shape index (κ1) is 17.7. The first-order chi connectivity index (χ1) is 12.4. The van der Waals surface area contributed by atoms with Crippen molar-refractivity contribution in [1.29, 1.82) is 21.2 Å². The molecule has 0 amide bonds. The molecular weight excluding hydrogens is 336 g/mol. The van der Waals surface area contributed by atoms with Crippen molar-refractivity contribution >= 4 is 5.71 Å². The Morgan fingerprint density at radius 3 is 2.50 bits per heavy atom. The number of benzene rings is 1. The summed E-state index contributed by atoms with van der Waals surface area (Å²) in [5.41, 5.74) is -1.68. The van der Waals surface area contributed by atoms with Gasteiger partial charge in [-0.25, -0.2) is 8.78 Å². The number of nitriles is 3. The van der Waals surface area contributed by atoms with Crippen molar-refractivity contribution in [3.8, 4) is 18.2 Å². The fourth-order valence-electron chi connectivity index (χ4n) is 4.05. The Morgan fingerprint density at radius 1 is 1.23 bits per heavy atom. The predicted molar refractivity (Wildman–Crippen MR) is 88.7 cm³/mol. The molecule has 1 saturated carbocycles. The molecule has 1 heterocycles. The Labute approximate surface area is 149 Å². The average Bonchev–Trinajstić information content (AvgIpc) is 2.62. The lowest BCUT2D eigenvalue weighted by molar-refractivity contribution is 0.232. The van der Waals surface area contributed by atoms with Gasteiger partial charge in [0.25, 0.3) is 0 Å². The van der Waals surface area contributed by atoms with Crippen molar-refractivity contribution in [2.75, 3.05) is 20.1 Å². The number of fused-ring (bicyclic) bond motifs is 1. The lowest BCUT2D eigenvalue weighted by Crippen LogP contribution is -2.52. The molecule has 26 heavy (non-hydrogen) atoms. The molecule has 1 aliphatic carbocycles. The van der Waals surface area contributed by atoms with Gasteiger partial charge in [0.2, 0.25) is 0 Å². The van der Waals surface area contributed by atoms with Crippen molar-refractivity contribution in [3.63, 3.8) is 0 Å². The summed E-state index contributed by atoms with van der Waals surface area (Å²) in [4.78, 5) is 1.94. The van der Waals surface area contributed by atoms with E-state index in [1.165, 1.54) is 6.07 Å². The van der Waals surface area contributed by atoms with Gasteiger partial charge in [0.15, 0.2) is 5.41 Å². The molecule has 3 atom stereocenters. The third-order valence-electron chi connectivity index (χ3n) is 5.27. The van der Waals surface area contributed by atoms with Crippen LogP contribution in [0.3, 0.4) is 0 Å². The van der Waals surface area contributed by atoms with Crippen molar-refractivity contribution in [2.24, 2.45) is 17.3 Å². The van der Waals surface area contributed by atoms with Gasteiger partial charge in [-0.1, -0.05) is 12.1 Å². The van der Waals surface area contributed by atoms with Gasteiger partial charge < -0.3 is 10.3 Å². The largest absolute Gasteiger partial charge is 0.305 e. The molecule has 0 saturated heterocycles. The van der Waals surface area contributed by atoms with Crippen molar-refractivity contribution in [1.82, 2.24) is 4.90 Å². The van der Waals surface area contributed by atoms with Crippen LogP contribution >= 0.6 is 0 Å². The highest BCUT2D eigenvalue weighted by molar-refractivity contribution is 6.00. The molecule has 7 heteroatoms. The van der Waals surface area contributed by atoms with E-state index in [0.717, 1.165) is 6.07 Å². The van der Waals surface area contributed by atoms with Gasteiger partial charge in [0.1, 0.15) is 17.6 Å². The maximum atomic E-state index is 14.6. The number of nitrogens with one attached hydrogen (secondary N) is 1. The van der Waals surface area contributed by atoms with Gasteiger partial charge in [-0.3, -0.25) is 0 Å². The molecule has 1 aliphatic heterocycles. The maximum absolute atomic E-state index is 14.6. The minimum atomic E-state index is -1.99. The monoisotopic (exact) mass is 351 g/mol. The second-order valence-electron chi connectivity index (χ2n) is 6.68. The summed E-state index contributed by atoms with van der Waals surface area (Å²) in [7, 11) is 1.84. The lowest BCUT2D eigenvalue weighted by Gasteiger charge is -2.47. The molecule has 1 N–H and O–H groups in total. The number of hydrogen-bond donors (Lipinski definition) is 1. The number of nitrogens with zero attached hydrogens (tertiary/aromatic N) is 4. The van der Waals surface area contributed by atoms with Crippen molar-refractivity contribution in [2.45, 2.75) is 5.92 Å². The summed E-state index contributed by atoms with van der Waals surface area (Å²) >= 11 is 0. The van der Waals surface area contributed by atoms with E-state index in [1.54, 1.807) is 0 Å². The Kier molecular flexibility index (Phi) is 4.32. The maximum Gasteiger partial charge on any atom is 0.189 e. The summed E-state index contributed by atoms with van der Waals surface area (Å²) in [5.74, 6) is -4.10. The summed E-state index contributed by atoms with van der Waals surface area (Å²) in [6.45, 7) is 0.964. The van der Waals surface area contributed by atoms with E-state index in [0.29, 0.717) is 24.7 Å². The SMILES string of the molecule is CN1CC=C2C(C#N)C(=N)C(C#N)(C#N)[C@@H](c3ccc(F)cc3F)[C@@H]2C1. The lowest BCUT2D eigenvalue weighted by atomic mass is 9.54. The van der Waals surface area contributed by atoms with E-state index in [9.17, 15) is 24.6 Å². The van der Waals surface area contributed by atoms with E-state index in [1.807, 2.05) is 36.2 Å². The van der Waals surface area contributed by atoms with Crippen LogP contribution in [0.15, 0.2) is 29.8 Å². The van der Waals surface area contributed by atoms with E-state index < -0.39 is 34.8 Å². The van der Waals surface area contributed by atoms with Gasteiger partial charge in [0.05, 0.1) is 23.9 Å². The van der Waals surface area contributed by atoms with Crippen molar-refractivity contribution in [3.05, 3.63) is 47.0 Å². The van der Waals surface area contributed by atoms with Crippen LogP contribution in [0.2, 0.25) is 0 Å². The molecule has 5 nitrogen and oxygen atoms in total. The molecule has 1 unspecified atom stereocenters. The second-order valence-corrected chi connectivity index (χ2v) is 6.68. The normalized spacial score (nSPS) is 27.5. The van der Waals surface area contributed by atoms with Crippen molar-refractivity contribution < 1.29 is 8.78 Å². The molecule has 1 fully saturated rings. The van der Waals surface area contributed by atoms with Gasteiger partial charge in [-0.2, -0.15) is 15.8 Å². The first-order valence-electron chi connectivity index (χ1n) is 8.04. The van der Waals surface area contributed by atoms with Crippen LogP contribution in [-0.4, -0.2) is 30.7 Å². The summed E-state index contributed by atoms with van der Waals surface area (Å²) in [6.07, 6.45) is 1.81. The van der Waals surface area contributed by atoms with Crippen LogP contribution in [0, 0.1) is 68.3 Å². The zero-order valence-corrected chi connectivity index (χ0v) is 14.0. The molecule has 1 aromatic rings. The van der Waals surface area contributed by atoms with Crippen LogP contribution < -0.4 is 0 Å². The molecule has 0 aromatic heterocycles. The van der Waals surface area contributed by atoms with Gasteiger partial charge in [-0.15, -0.1) is 0 Å². The van der Waals surface area contributed by atoms with Crippen LogP contribution in [0.1, 0.15) is 11.5 Å². The molecule has 0 radical (unpaired) electrons.